The summed E-state index contributed by atoms with van der Waals surface area (Å²) in [5.74, 6) is -0.256. The molecular formula is C6H12N2OS. The normalized spacial score (nSPS) is 10.7. The van der Waals surface area contributed by atoms with E-state index < -0.39 is 0 Å². The Bertz CT molecular complexity index is 139. The largest absolute Gasteiger partial charge is 0.350 e. The van der Waals surface area contributed by atoms with Gasteiger partial charge in [0.05, 0.1) is 5.37 Å². The van der Waals surface area contributed by atoms with Gasteiger partial charge in [-0.15, -0.1) is 0 Å². The molecule has 0 aliphatic rings. The molecule has 0 aliphatic heterocycles. The second-order valence-electron chi connectivity index (χ2n) is 2.82. The molecule has 0 radical (unpaired) electrons. The van der Waals surface area contributed by atoms with Gasteiger partial charge in [-0.3, -0.25) is 4.79 Å². The zero-order valence-corrected chi connectivity index (χ0v) is 6.99. The molecule has 0 unspecified atom stereocenters. The summed E-state index contributed by atoms with van der Waals surface area (Å²) in [4.78, 5) is 10.5. The van der Waals surface area contributed by atoms with Crippen LogP contribution in [0.4, 0.5) is 0 Å². The molecule has 0 bridgehead atoms. The van der Waals surface area contributed by atoms with Crippen LogP contribution in [0.1, 0.15) is 13.8 Å². The third kappa shape index (κ3) is 5.65. The molecule has 0 fully saturated rings. The highest BCUT2D eigenvalue weighted by Gasteiger charge is 2.10. The predicted molar refractivity (Wildman–Crippen MR) is 44.9 cm³/mol. The molecule has 3 N–H and O–H groups in total. The minimum atomic E-state index is -0.367. The Labute approximate surface area is 66.0 Å². The van der Waals surface area contributed by atoms with Crippen LogP contribution in [0.15, 0.2) is 0 Å². The van der Waals surface area contributed by atoms with Crippen molar-refractivity contribution >= 4 is 23.5 Å². The van der Waals surface area contributed by atoms with Crippen LogP contribution in [-0.2, 0) is 4.79 Å². The van der Waals surface area contributed by atoms with Crippen LogP contribution in [0.25, 0.3) is 0 Å². The van der Waals surface area contributed by atoms with Crippen molar-refractivity contribution in [2.24, 2.45) is 5.73 Å². The summed E-state index contributed by atoms with van der Waals surface area (Å²) in [6.45, 7) is 4.10. The first-order chi connectivity index (χ1) is 4.45. The minimum Gasteiger partial charge on any atom is -0.350 e. The van der Waals surface area contributed by atoms with Gasteiger partial charge in [-0.05, 0) is 13.8 Å². The number of nitrogens with two attached hydrogens (primary N) is 1. The predicted octanol–water partition coefficient (Wildman–Crippen LogP) is -0.160. The summed E-state index contributed by atoms with van der Waals surface area (Å²) >= 11 is 4.39. The first-order valence-electron chi connectivity index (χ1n) is 2.97. The molecule has 58 valence electrons. The molecule has 0 saturated carbocycles. The molecule has 0 spiro atoms. The molecule has 0 aromatic rings. The summed E-state index contributed by atoms with van der Waals surface area (Å²) in [5.41, 5.74) is 5.21. The Hall–Kier alpha value is -0.480. The molecule has 0 atom stereocenters. The van der Waals surface area contributed by atoms with Gasteiger partial charge in [-0.25, -0.2) is 0 Å². The number of carbonyl (C=O) groups is 1. The number of hydrogen-bond acceptors (Lipinski definition) is 3. The molecule has 3 nitrogen and oxygen atoms in total. The topological polar surface area (TPSA) is 55.1 Å². The maximum absolute atomic E-state index is 10.5. The number of amides is 1. The molecule has 1 amide bonds. The van der Waals surface area contributed by atoms with Crippen molar-refractivity contribution in [3.63, 3.8) is 0 Å². The Balaban J connectivity index is 3.55. The molecular weight excluding hydrogens is 148 g/mol. The highest BCUT2D eigenvalue weighted by molar-refractivity contribution is 7.80. The standard InChI is InChI=1S/C6H12N2OS/c1-6(2,7)4-8-5(9)3-10/h3H,4,7H2,1-2H3,(H,8,9). The van der Waals surface area contributed by atoms with Gasteiger partial charge in [-0.1, -0.05) is 12.2 Å². The van der Waals surface area contributed by atoms with Gasteiger partial charge in [-0.2, -0.15) is 0 Å². The fraction of sp³-hybridized carbons (Fsp3) is 0.667. The highest BCUT2D eigenvalue weighted by atomic mass is 32.1. The van der Waals surface area contributed by atoms with Crippen molar-refractivity contribution in [3.8, 4) is 0 Å². The lowest BCUT2D eigenvalue weighted by atomic mass is 10.1. The van der Waals surface area contributed by atoms with Crippen molar-refractivity contribution in [3.05, 3.63) is 0 Å². The van der Waals surface area contributed by atoms with Crippen molar-refractivity contribution in [1.29, 1.82) is 0 Å². The van der Waals surface area contributed by atoms with E-state index in [0.29, 0.717) is 6.54 Å². The SMILES string of the molecule is CC(C)(N)CNC(=O)C=S. The number of rotatable bonds is 3. The van der Waals surface area contributed by atoms with Crippen LogP contribution in [0.5, 0.6) is 0 Å². The number of thiocarbonyl (C=S) groups is 1. The smallest absolute Gasteiger partial charge is 0.254 e. The molecule has 0 aliphatic carbocycles. The molecule has 4 heteroatoms. The third-order valence-corrected chi connectivity index (χ3v) is 1.04. The molecule has 0 aromatic heterocycles. The lowest BCUT2D eigenvalue weighted by Crippen LogP contribution is -2.45. The highest BCUT2D eigenvalue weighted by Crippen LogP contribution is 1.91. The fourth-order valence-electron chi connectivity index (χ4n) is 0.357. The summed E-state index contributed by atoms with van der Waals surface area (Å²) < 4.78 is 0. The second-order valence-corrected chi connectivity index (χ2v) is 3.06. The fourth-order valence-corrected chi connectivity index (χ4v) is 0.440. The van der Waals surface area contributed by atoms with E-state index in [-0.39, 0.29) is 11.4 Å². The Morgan fingerprint density at radius 3 is 2.60 bits per heavy atom. The van der Waals surface area contributed by atoms with Gasteiger partial charge in [0, 0.05) is 12.1 Å². The van der Waals surface area contributed by atoms with E-state index in [9.17, 15) is 4.79 Å². The summed E-state index contributed by atoms with van der Waals surface area (Å²) in [5, 5.41) is 3.61. The quantitative estimate of drug-likeness (QED) is 0.564. The first-order valence-corrected chi connectivity index (χ1v) is 3.45. The minimum absolute atomic E-state index is 0.256. The van der Waals surface area contributed by atoms with E-state index in [1.807, 2.05) is 13.8 Å². The van der Waals surface area contributed by atoms with Gasteiger partial charge in [0.1, 0.15) is 0 Å². The van der Waals surface area contributed by atoms with Crippen LogP contribution >= 0.6 is 12.2 Å². The van der Waals surface area contributed by atoms with E-state index in [1.54, 1.807) is 0 Å². The second kappa shape index (κ2) is 3.63. The molecule has 0 heterocycles. The molecule has 0 saturated heterocycles. The van der Waals surface area contributed by atoms with E-state index in [0.717, 1.165) is 5.37 Å². The maximum Gasteiger partial charge on any atom is 0.254 e. The van der Waals surface area contributed by atoms with Gasteiger partial charge >= 0.3 is 0 Å². The average molecular weight is 160 g/mol. The van der Waals surface area contributed by atoms with E-state index in [4.69, 9.17) is 5.73 Å². The maximum atomic E-state index is 10.5. The van der Waals surface area contributed by atoms with Crippen LogP contribution in [0.2, 0.25) is 0 Å². The van der Waals surface area contributed by atoms with E-state index >= 15 is 0 Å². The molecule has 0 aromatic carbocycles. The zero-order chi connectivity index (χ0) is 8.20. The molecule has 0 rings (SSSR count). The number of carbonyl (C=O) groups excluding carboxylic acids is 1. The number of nitrogens with one attached hydrogen (secondary N) is 1. The number of hydrogen-bond donors (Lipinski definition) is 2. The lowest BCUT2D eigenvalue weighted by molar-refractivity contribution is -0.114. The van der Waals surface area contributed by atoms with Gasteiger partial charge in [0.15, 0.2) is 0 Å². The van der Waals surface area contributed by atoms with Crippen LogP contribution in [0.3, 0.4) is 0 Å². The Morgan fingerprint density at radius 1 is 1.80 bits per heavy atom. The van der Waals surface area contributed by atoms with Crippen molar-refractivity contribution in [1.82, 2.24) is 5.32 Å². The van der Waals surface area contributed by atoms with Crippen molar-refractivity contribution < 1.29 is 4.79 Å². The van der Waals surface area contributed by atoms with Crippen LogP contribution in [0, 0.1) is 0 Å². The average Bonchev–Trinajstić information content (AvgIpc) is 1.81. The van der Waals surface area contributed by atoms with Crippen molar-refractivity contribution in [2.45, 2.75) is 19.4 Å². The van der Waals surface area contributed by atoms with Crippen LogP contribution in [-0.4, -0.2) is 23.4 Å². The van der Waals surface area contributed by atoms with Crippen LogP contribution < -0.4 is 11.1 Å². The zero-order valence-electron chi connectivity index (χ0n) is 6.18. The first kappa shape index (κ1) is 9.52. The van der Waals surface area contributed by atoms with Gasteiger partial charge in [0.2, 0.25) is 0 Å². The Kier molecular flexibility index (Phi) is 3.46. The lowest BCUT2D eigenvalue weighted by Gasteiger charge is -2.17. The third-order valence-electron chi connectivity index (χ3n) is 0.825. The van der Waals surface area contributed by atoms with Gasteiger partial charge in [0.25, 0.3) is 5.91 Å². The van der Waals surface area contributed by atoms with Gasteiger partial charge < -0.3 is 11.1 Å². The summed E-state index contributed by atoms with van der Waals surface area (Å²) in [7, 11) is 0. The monoisotopic (exact) mass is 160 g/mol. The summed E-state index contributed by atoms with van der Waals surface area (Å²) in [6, 6.07) is 0. The van der Waals surface area contributed by atoms with E-state index in [2.05, 4.69) is 17.5 Å². The van der Waals surface area contributed by atoms with E-state index in [1.165, 1.54) is 0 Å². The Morgan fingerprint density at radius 2 is 2.30 bits per heavy atom. The van der Waals surface area contributed by atoms with Crippen molar-refractivity contribution in [2.75, 3.05) is 6.54 Å². The summed E-state index contributed by atoms with van der Waals surface area (Å²) in [6.07, 6.45) is 0. The molecule has 10 heavy (non-hydrogen) atoms.